The maximum atomic E-state index is 13.1. The van der Waals surface area contributed by atoms with E-state index in [0.29, 0.717) is 18.7 Å². The van der Waals surface area contributed by atoms with Crippen molar-refractivity contribution in [2.75, 3.05) is 13.1 Å². The molecule has 0 bridgehead atoms. The molecular formula is C13H13ClF3NO. The van der Waals surface area contributed by atoms with Gasteiger partial charge in [-0.3, -0.25) is 0 Å². The van der Waals surface area contributed by atoms with Gasteiger partial charge in [0, 0.05) is 24.0 Å². The number of benzene rings is 1. The van der Waals surface area contributed by atoms with Crippen LogP contribution in [0.25, 0.3) is 0 Å². The van der Waals surface area contributed by atoms with Gasteiger partial charge in [-0.05, 0) is 30.2 Å². The molecule has 19 heavy (non-hydrogen) atoms. The molecule has 2 atom stereocenters. The van der Waals surface area contributed by atoms with Gasteiger partial charge in [-0.1, -0.05) is 11.6 Å². The summed E-state index contributed by atoms with van der Waals surface area (Å²) in [7, 11) is 0. The van der Waals surface area contributed by atoms with E-state index in [-0.39, 0.29) is 23.1 Å². The SMILES string of the molecule is C[C@]12CNC[C@H]1c1cc(Cl)cc(C(F)(F)F)c1CO2. The van der Waals surface area contributed by atoms with E-state index in [1.54, 1.807) is 6.07 Å². The van der Waals surface area contributed by atoms with Gasteiger partial charge in [0.05, 0.1) is 17.8 Å². The van der Waals surface area contributed by atoms with Crippen LogP contribution < -0.4 is 5.32 Å². The minimum Gasteiger partial charge on any atom is -0.369 e. The fourth-order valence-electron chi connectivity index (χ4n) is 3.01. The topological polar surface area (TPSA) is 21.3 Å². The summed E-state index contributed by atoms with van der Waals surface area (Å²) in [6, 6.07) is 2.62. The van der Waals surface area contributed by atoms with Crippen LogP contribution in [0.5, 0.6) is 0 Å². The third-order valence-corrected chi connectivity index (χ3v) is 4.26. The van der Waals surface area contributed by atoms with Gasteiger partial charge in [-0.2, -0.15) is 13.2 Å². The molecule has 1 aromatic carbocycles. The average Bonchev–Trinajstić information content (AvgIpc) is 2.69. The van der Waals surface area contributed by atoms with Gasteiger partial charge in [0.1, 0.15) is 0 Å². The molecule has 0 saturated carbocycles. The molecular weight excluding hydrogens is 279 g/mol. The van der Waals surface area contributed by atoms with Crippen LogP contribution in [-0.4, -0.2) is 18.7 Å². The van der Waals surface area contributed by atoms with Crippen molar-refractivity contribution in [3.05, 3.63) is 33.8 Å². The van der Waals surface area contributed by atoms with Crippen molar-refractivity contribution in [1.82, 2.24) is 5.32 Å². The molecule has 0 aliphatic carbocycles. The lowest BCUT2D eigenvalue weighted by molar-refractivity contribution is -0.140. The molecule has 2 aliphatic rings. The lowest BCUT2D eigenvalue weighted by Crippen LogP contribution is -2.40. The summed E-state index contributed by atoms with van der Waals surface area (Å²) >= 11 is 5.86. The molecule has 0 unspecified atom stereocenters. The minimum absolute atomic E-state index is 0.0178. The van der Waals surface area contributed by atoms with E-state index in [2.05, 4.69) is 5.32 Å². The molecule has 1 fully saturated rings. The van der Waals surface area contributed by atoms with Crippen molar-refractivity contribution in [2.24, 2.45) is 0 Å². The average molecular weight is 292 g/mol. The summed E-state index contributed by atoms with van der Waals surface area (Å²) in [5.41, 5.74) is -0.230. The molecule has 1 saturated heterocycles. The number of ether oxygens (including phenoxy) is 1. The van der Waals surface area contributed by atoms with E-state index in [1.165, 1.54) is 0 Å². The molecule has 2 aliphatic heterocycles. The summed E-state index contributed by atoms with van der Waals surface area (Å²) in [4.78, 5) is 0. The summed E-state index contributed by atoms with van der Waals surface area (Å²) in [5, 5.41) is 3.30. The van der Waals surface area contributed by atoms with Gasteiger partial charge in [-0.15, -0.1) is 0 Å². The van der Waals surface area contributed by atoms with E-state index < -0.39 is 17.3 Å². The zero-order valence-corrected chi connectivity index (χ0v) is 11.0. The smallest absolute Gasteiger partial charge is 0.369 e. The third-order valence-electron chi connectivity index (χ3n) is 4.04. The second kappa shape index (κ2) is 4.11. The standard InChI is InChI=1S/C13H13ClF3NO/c1-12-6-18-4-11(12)8-2-7(14)3-10(13(15,16)17)9(8)5-19-12/h2-3,11,18H,4-6H2,1H3/t11-,12-/m0/s1. The molecule has 2 nitrogen and oxygen atoms in total. The van der Waals surface area contributed by atoms with Crippen LogP contribution in [0.2, 0.25) is 5.02 Å². The highest BCUT2D eigenvalue weighted by molar-refractivity contribution is 6.30. The molecule has 0 radical (unpaired) electrons. The van der Waals surface area contributed by atoms with Crippen LogP contribution in [0.3, 0.4) is 0 Å². The summed E-state index contributed by atoms with van der Waals surface area (Å²) < 4.78 is 44.9. The van der Waals surface area contributed by atoms with E-state index in [1.807, 2.05) is 6.92 Å². The number of nitrogens with one attached hydrogen (secondary N) is 1. The second-order valence-corrected chi connectivity index (χ2v) is 5.74. The largest absolute Gasteiger partial charge is 0.416 e. The van der Waals surface area contributed by atoms with E-state index in [9.17, 15) is 13.2 Å². The molecule has 104 valence electrons. The predicted molar refractivity (Wildman–Crippen MR) is 65.3 cm³/mol. The Morgan fingerprint density at radius 2 is 2.16 bits per heavy atom. The molecule has 2 heterocycles. The Labute approximate surface area is 113 Å². The highest BCUT2D eigenvalue weighted by atomic mass is 35.5. The molecule has 1 aromatic rings. The molecule has 1 N–H and O–H groups in total. The van der Waals surface area contributed by atoms with Crippen LogP contribution in [0.1, 0.15) is 29.5 Å². The molecule has 0 amide bonds. The first-order valence-electron chi connectivity index (χ1n) is 6.05. The number of hydrogen-bond donors (Lipinski definition) is 1. The number of rotatable bonds is 0. The highest BCUT2D eigenvalue weighted by Crippen LogP contribution is 2.46. The van der Waals surface area contributed by atoms with Gasteiger partial charge in [0.15, 0.2) is 0 Å². The lowest BCUT2D eigenvalue weighted by atomic mass is 9.80. The quantitative estimate of drug-likeness (QED) is 0.791. The van der Waals surface area contributed by atoms with Crippen LogP contribution >= 0.6 is 11.6 Å². The van der Waals surface area contributed by atoms with Gasteiger partial charge < -0.3 is 10.1 Å². The van der Waals surface area contributed by atoms with E-state index in [4.69, 9.17) is 16.3 Å². The maximum absolute atomic E-state index is 13.1. The van der Waals surface area contributed by atoms with Crippen LogP contribution in [0, 0.1) is 0 Å². The summed E-state index contributed by atoms with van der Waals surface area (Å²) in [6.45, 7) is 3.16. The first kappa shape index (κ1) is 13.2. The molecule has 6 heteroatoms. The third kappa shape index (κ3) is 2.04. The first-order chi connectivity index (χ1) is 8.81. The monoisotopic (exact) mass is 291 g/mol. The second-order valence-electron chi connectivity index (χ2n) is 5.30. The number of alkyl halides is 3. The van der Waals surface area contributed by atoms with E-state index in [0.717, 1.165) is 6.07 Å². The fourth-order valence-corrected chi connectivity index (χ4v) is 3.24. The highest BCUT2D eigenvalue weighted by Gasteiger charge is 2.47. The van der Waals surface area contributed by atoms with E-state index >= 15 is 0 Å². The molecule has 0 spiro atoms. The molecule has 0 aromatic heterocycles. The van der Waals surface area contributed by atoms with Crippen molar-refractivity contribution in [3.63, 3.8) is 0 Å². The number of hydrogen-bond acceptors (Lipinski definition) is 2. The maximum Gasteiger partial charge on any atom is 0.416 e. The van der Waals surface area contributed by atoms with Crippen LogP contribution in [0.4, 0.5) is 13.2 Å². The lowest BCUT2D eigenvalue weighted by Gasteiger charge is -2.38. The molecule has 3 rings (SSSR count). The Kier molecular flexibility index (Phi) is 2.86. The number of fused-ring (bicyclic) bond motifs is 3. The van der Waals surface area contributed by atoms with Gasteiger partial charge in [-0.25, -0.2) is 0 Å². The Balaban J connectivity index is 2.18. The minimum atomic E-state index is -4.40. The van der Waals surface area contributed by atoms with Crippen molar-refractivity contribution in [1.29, 1.82) is 0 Å². The zero-order valence-electron chi connectivity index (χ0n) is 10.3. The normalized spacial score (nSPS) is 30.1. The van der Waals surface area contributed by atoms with Crippen LogP contribution in [0.15, 0.2) is 12.1 Å². The van der Waals surface area contributed by atoms with Crippen molar-refractivity contribution in [2.45, 2.75) is 31.2 Å². The zero-order chi connectivity index (χ0) is 13.8. The fraction of sp³-hybridized carbons (Fsp3) is 0.538. The summed E-state index contributed by atoms with van der Waals surface area (Å²) in [6.07, 6.45) is -4.40. The van der Waals surface area contributed by atoms with Crippen molar-refractivity contribution >= 4 is 11.6 Å². The van der Waals surface area contributed by atoms with Gasteiger partial charge in [0.25, 0.3) is 0 Å². The Morgan fingerprint density at radius 3 is 2.84 bits per heavy atom. The van der Waals surface area contributed by atoms with Crippen molar-refractivity contribution in [3.8, 4) is 0 Å². The van der Waals surface area contributed by atoms with Gasteiger partial charge >= 0.3 is 6.18 Å². The Morgan fingerprint density at radius 1 is 1.42 bits per heavy atom. The summed E-state index contributed by atoms with van der Waals surface area (Å²) in [5.74, 6) is -0.0870. The first-order valence-corrected chi connectivity index (χ1v) is 6.43. The van der Waals surface area contributed by atoms with Crippen molar-refractivity contribution < 1.29 is 17.9 Å². The Bertz CT molecular complexity index is 531. The number of halogens is 4. The predicted octanol–water partition coefficient (Wildman–Crippen LogP) is 3.33. The Hall–Kier alpha value is -0.780. The van der Waals surface area contributed by atoms with Gasteiger partial charge in [0.2, 0.25) is 0 Å². The van der Waals surface area contributed by atoms with Crippen LogP contribution in [-0.2, 0) is 17.5 Å².